The molecule has 0 aliphatic carbocycles. The number of hydrogen-bond acceptors (Lipinski definition) is 4. The Labute approximate surface area is 91.8 Å². The predicted octanol–water partition coefficient (Wildman–Crippen LogP) is -0.891. The molecule has 2 amide bonds. The molecule has 2 rings (SSSR count). The Morgan fingerprint density at radius 2 is 2.31 bits per heavy atom. The molecule has 0 bridgehead atoms. The van der Waals surface area contributed by atoms with Gasteiger partial charge in [-0.1, -0.05) is 0 Å². The molecular weight excluding hydrogens is 210 g/mol. The Bertz CT molecular complexity index is 429. The average Bonchev–Trinajstić information content (AvgIpc) is 2.23. The number of rotatable bonds is 3. The number of primary amides is 1. The molecule has 2 heterocycles. The predicted molar refractivity (Wildman–Crippen MR) is 53.7 cm³/mol. The van der Waals surface area contributed by atoms with E-state index in [4.69, 9.17) is 10.5 Å². The van der Waals surface area contributed by atoms with Crippen molar-refractivity contribution < 1.29 is 14.3 Å². The number of amides is 2. The zero-order valence-corrected chi connectivity index (χ0v) is 8.40. The summed E-state index contributed by atoms with van der Waals surface area (Å²) in [5, 5.41) is 2.72. The van der Waals surface area contributed by atoms with Crippen LogP contribution in [0.5, 0.6) is 0 Å². The van der Waals surface area contributed by atoms with Gasteiger partial charge in [0.05, 0.1) is 24.8 Å². The number of carbonyl (C=O) groups is 2. The molecule has 1 radical (unpaired) electrons. The van der Waals surface area contributed by atoms with E-state index < -0.39 is 5.91 Å². The summed E-state index contributed by atoms with van der Waals surface area (Å²) < 4.78 is 4.92. The highest BCUT2D eigenvalue weighted by Crippen LogP contribution is 2.04. The van der Waals surface area contributed by atoms with E-state index in [1.54, 1.807) is 0 Å². The van der Waals surface area contributed by atoms with Crippen LogP contribution >= 0.6 is 0 Å². The van der Waals surface area contributed by atoms with Crippen molar-refractivity contribution in [3.05, 3.63) is 29.6 Å². The van der Waals surface area contributed by atoms with Gasteiger partial charge in [0.2, 0.25) is 0 Å². The van der Waals surface area contributed by atoms with E-state index in [0.29, 0.717) is 13.2 Å². The lowest BCUT2D eigenvalue weighted by Gasteiger charge is -2.26. The van der Waals surface area contributed by atoms with Gasteiger partial charge in [-0.3, -0.25) is 14.6 Å². The number of aromatic nitrogens is 1. The van der Waals surface area contributed by atoms with Gasteiger partial charge < -0.3 is 15.8 Å². The third-order valence-electron chi connectivity index (χ3n) is 2.15. The molecule has 1 saturated heterocycles. The lowest BCUT2D eigenvalue weighted by molar-refractivity contribution is -0.00347. The van der Waals surface area contributed by atoms with Gasteiger partial charge in [0.25, 0.3) is 11.8 Å². The van der Waals surface area contributed by atoms with Gasteiger partial charge in [0, 0.05) is 12.3 Å². The van der Waals surface area contributed by atoms with Gasteiger partial charge in [-0.15, -0.1) is 0 Å². The van der Waals surface area contributed by atoms with Crippen molar-refractivity contribution in [3.63, 3.8) is 0 Å². The second-order valence-corrected chi connectivity index (χ2v) is 3.40. The second kappa shape index (κ2) is 4.28. The number of ether oxygens (including phenoxy) is 1. The van der Waals surface area contributed by atoms with Crippen molar-refractivity contribution in [2.24, 2.45) is 5.73 Å². The Kier molecular flexibility index (Phi) is 2.82. The highest BCUT2D eigenvalue weighted by atomic mass is 16.5. The topological polar surface area (TPSA) is 94.3 Å². The molecule has 16 heavy (non-hydrogen) atoms. The summed E-state index contributed by atoms with van der Waals surface area (Å²) >= 11 is 0. The Balaban J connectivity index is 2.09. The molecule has 0 spiro atoms. The maximum Gasteiger partial charge on any atom is 0.267 e. The highest BCUT2D eigenvalue weighted by molar-refractivity contribution is 5.97. The fourth-order valence-electron chi connectivity index (χ4n) is 1.23. The van der Waals surface area contributed by atoms with Gasteiger partial charge >= 0.3 is 0 Å². The monoisotopic (exact) mass is 220 g/mol. The zero-order chi connectivity index (χ0) is 11.5. The molecule has 0 unspecified atom stereocenters. The van der Waals surface area contributed by atoms with Crippen LogP contribution < -0.4 is 11.1 Å². The second-order valence-electron chi connectivity index (χ2n) is 3.40. The summed E-state index contributed by atoms with van der Waals surface area (Å²) in [6.45, 7) is 1.03. The number of nitrogens with zero attached hydrogens (tertiary/aromatic N) is 1. The molecule has 0 saturated carbocycles. The molecule has 0 aromatic carbocycles. The van der Waals surface area contributed by atoms with Gasteiger partial charge in [0.1, 0.15) is 5.69 Å². The first-order chi connectivity index (χ1) is 7.66. The fraction of sp³-hybridized carbons (Fsp3) is 0.300. The van der Waals surface area contributed by atoms with E-state index >= 15 is 0 Å². The lowest BCUT2D eigenvalue weighted by atomic mass is 10.2. The van der Waals surface area contributed by atoms with Crippen LogP contribution in [-0.4, -0.2) is 36.1 Å². The van der Waals surface area contributed by atoms with Crippen molar-refractivity contribution in [1.82, 2.24) is 10.3 Å². The van der Waals surface area contributed by atoms with Crippen molar-refractivity contribution in [3.8, 4) is 0 Å². The standard InChI is InChI=1S/C10H10N3O3/c11-9(14)8-3-6(1-2-12-8)10(15)13-7-4-16-5-7/h1-2,7H,4-5H2,(H2,11,14)(H,13,15). The summed E-state index contributed by atoms with van der Waals surface area (Å²) in [4.78, 5) is 26.2. The molecule has 1 aliphatic heterocycles. The number of hydrogen-bond donors (Lipinski definition) is 2. The summed E-state index contributed by atoms with van der Waals surface area (Å²) in [6, 6.07) is 4.07. The largest absolute Gasteiger partial charge is 0.377 e. The highest BCUT2D eigenvalue weighted by Gasteiger charge is 2.21. The number of nitrogens with one attached hydrogen (secondary N) is 1. The molecule has 1 aliphatic rings. The summed E-state index contributed by atoms with van der Waals surface area (Å²) in [6.07, 6.45) is 1.35. The van der Waals surface area contributed by atoms with E-state index in [-0.39, 0.29) is 23.2 Å². The average molecular weight is 220 g/mol. The van der Waals surface area contributed by atoms with Crippen molar-refractivity contribution >= 4 is 11.8 Å². The molecule has 1 fully saturated rings. The quantitative estimate of drug-likeness (QED) is 0.690. The van der Waals surface area contributed by atoms with Crippen LogP contribution in [0.25, 0.3) is 0 Å². The molecule has 3 N–H and O–H groups in total. The van der Waals surface area contributed by atoms with Gasteiger partial charge in [-0.25, -0.2) is 0 Å². The summed E-state index contributed by atoms with van der Waals surface area (Å²) in [5.41, 5.74) is 5.24. The molecule has 83 valence electrons. The first-order valence-electron chi connectivity index (χ1n) is 4.73. The minimum atomic E-state index is -0.707. The normalized spacial score (nSPS) is 15.2. The third kappa shape index (κ3) is 2.17. The minimum absolute atomic E-state index is 0.0334. The SMILES string of the molecule is NC(=O)c1[c]c(C(=O)NC2COC2)ccn1. The van der Waals surface area contributed by atoms with E-state index in [9.17, 15) is 9.59 Å². The first kappa shape index (κ1) is 10.6. The van der Waals surface area contributed by atoms with Crippen LogP contribution in [0.1, 0.15) is 20.8 Å². The molecule has 6 nitrogen and oxygen atoms in total. The maximum atomic E-state index is 11.6. The molecule has 1 aromatic rings. The van der Waals surface area contributed by atoms with Crippen LogP contribution in [0.15, 0.2) is 12.3 Å². The van der Waals surface area contributed by atoms with Crippen molar-refractivity contribution in [1.29, 1.82) is 0 Å². The Morgan fingerprint density at radius 1 is 1.56 bits per heavy atom. The molecule has 6 heteroatoms. The van der Waals surface area contributed by atoms with Gasteiger partial charge in [-0.05, 0) is 6.07 Å². The van der Waals surface area contributed by atoms with Crippen LogP contribution in [0.2, 0.25) is 0 Å². The Hall–Kier alpha value is -1.95. The van der Waals surface area contributed by atoms with Crippen LogP contribution in [0.4, 0.5) is 0 Å². The van der Waals surface area contributed by atoms with Crippen LogP contribution in [0, 0.1) is 6.07 Å². The molecular formula is C10H10N3O3. The summed E-state index contributed by atoms with van der Waals surface area (Å²) in [7, 11) is 0. The van der Waals surface area contributed by atoms with E-state index in [2.05, 4.69) is 16.4 Å². The fourth-order valence-corrected chi connectivity index (χ4v) is 1.23. The lowest BCUT2D eigenvalue weighted by Crippen LogP contribution is -2.48. The summed E-state index contributed by atoms with van der Waals surface area (Å²) in [5.74, 6) is -1.01. The van der Waals surface area contributed by atoms with Gasteiger partial charge in [-0.2, -0.15) is 0 Å². The number of nitrogens with two attached hydrogens (primary N) is 1. The van der Waals surface area contributed by atoms with E-state index in [1.165, 1.54) is 12.3 Å². The minimum Gasteiger partial charge on any atom is -0.377 e. The maximum absolute atomic E-state index is 11.6. The van der Waals surface area contributed by atoms with Crippen molar-refractivity contribution in [2.75, 3.05) is 13.2 Å². The van der Waals surface area contributed by atoms with E-state index in [1.807, 2.05) is 0 Å². The van der Waals surface area contributed by atoms with Crippen LogP contribution in [0.3, 0.4) is 0 Å². The third-order valence-corrected chi connectivity index (χ3v) is 2.15. The molecule has 0 atom stereocenters. The van der Waals surface area contributed by atoms with Crippen LogP contribution in [-0.2, 0) is 4.74 Å². The smallest absolute Gasteiger partial charge is 0.267 e. The van der Waals surface area contributed by atoms with Crippen molar-refractivity contribution in [2.45, 2.75) is 6.04 Å². The van der Waals surface area contributed by atoms with E-state index in [0.717, 1.165) is 0 Å². The molecule has 1 aromatic heterocycles. The number of carbonyl (C=O) groups excluding carboxylic acids is 2. The van der Waals surface area contributed by atoms with Gasteiger partial charge in [0.15, 0.2) is 0 Å². The number of pyridine rings is 1. The Morgan fingerprint density at radius 3 is 2.88 bits per heavy atom. The zero-order valence-electron chi connectivity index (χ0n) is 8.40. The first-order valence-corrected chi connectivity index (χ1v) is 4.73.